The molecule has 0 bridgehead atoms. The monoisotopic (exact) mass is 402 g/mol. The van der Waals surface area contributed by atoms with Gasteiger partial charge in [-0.15, -0.1) is 0 Å². The van der Waals surface area contributed by atoms with E-state index < -0.39 is 10.0 Å². The van der Waals surface area contributed by atoms with Crippen molar-refractivity contribution in [2.45, 2.75) is 10.9 Å². The SMILES string of the molecule is CN(C)C(CNS(=O)(=O)c1cccc2nsnc12)c1cc2ccccc2o1. The number of likely N-dealkylation sites (N-methyl/N-ethyl adjacent to an activating group) is 1. The molecule has 2 aromatic carbocycles. The predicted molar refractivity (Wildman–Crippen MR) is 105 cm³/mol. The van der Waals surface area contributed by atoms with E-state index in [1.807, 2.05) is 49.3 Å². The molecule has 4 rings (SSSR count). The third kappa shape index (κ3) is 3.46. The smallest absolute Gasteiger partial charge is 0.242 e. The number of hydrogen-bond donors (Lipinski definition) is 1. The standard InChI is InChI=1S/C18H18N4O3S2/c1-22(2)14(16-10-12-6-3-4-8-15(12)25-16)11-19-27(23,24)17-9-5-7-13-18(17)21-26-20-13/h3-10,14,19H,11H2,1-2H3. The van der Waals surface area contributed by atoms with Gasteiger partial charge >= 0.3 is 0 Å². The number of furan rings is 1. The Kier molecular flexibility index (Phi) is 4.68. The lowest BCUT2D eigenvalue weighted by atomic mass is 10.2. The van der Waals surface area contributed by atoms with Crippen molar-refractivity contribution in [1.29, 1.82) is 0 Å². The Morgan fingerprint density at radius 1 is 1.15 bits per heavy atom. The molecule has 1 atom stereocenters. The summed E-state index contributed by atoms with van der Waals surface area (Å²) in [7, 11) is 0.0347. The van der Waals surface area contributed by atoms with Crippen LogP contribution in [0.2, 0.25) is 0 Å². The first-order valence-corrected chi connectivity index (χ1v) is 10.5. The third-order valence-corrected chi connectivity index (χ3v) is 6.40. The van der Waals surface area contributed by atoms with Crippen LogP contribution in [0.4, 0.5) is 0 Å². The molecule has 9 heteroatoms. The molecule has 0 saturated carbocycles. The van der Waals surface area contributed by atoms with Gasteiger partial charge < -0.3 is 4.42 Å². The fraction of sp³-hybridized carbons (Fsp3) is 0.222. The summed E-state index contributed by atoms with van der Waals surface area (Å²) in [5.74, 6) is 0.706. The molecule has 2 heterocycles. The van der Waals surface area contributed by atoms with Gasteiger partial charge in [-0.1, -0.05) is 24.3 Å². The maximum absolute atomic E-state index is 12.9. The highest BCUT2D eigenvalue weighted by atomic mass is 32.2. The average Bonchev–Trinajstić information content (AvgIpc) is 3.27. The van der Waals surface area contributed by atoms with E-state index >= 15 is 0 Å². The van der Waals surface area contributed by atoms with Crippen LogP contribution in [0.3, 0.4) is 0 Å². The van der Waals surface area contributed by atoms with Crippen molar-refractivity contribution >= 4 is 43.8 Å². The average molecular weight is 403 g/mol. The molecule has 27 heavy (non-hydrogen) atoms. The number of hydrogen-bond acceptors (Lipinski definition) is 7. The second-order valence-electron chi connectivity index (χ2n) is 6.41. The molecular formula is C18H18N4O3S2. The zero-order valence-electron chi connectivity index (χ0n) is 14.8. The summed E-state index contributed by atoms with van der Waals surface area (Å²) in [6, 6.07) is 14.4. The van der Waals surface area contributed by atoms with Crippen molar-refractivity contribution in [1.82, 2.24) is 18.4 Å². The summed E-state index contributed by atoms with van der Waals surface area (Å²) in [5.41, 5.74) is 1.74. The fourth-order valence-corrected chi connectivity index (χ4v) is 4.77. The molecule has 0 aliphatic carbocycles. The molecule has 0 saturated heterocycles. The predicted octanol–water partition coefficient (Wildman–Crippen LogP) is 3.02. The van der Waals surface area contributed by atoms with Crippen LogP contribution < -0.4 is 4.72 Å². The zero-order chi connectivity index (χ0) is 19.0. The van der Waals surface area contributed by atoms with Gasteiger partial charge in [-0.3, -0.25) is 4.90 Å². The van der Waals surface area contributed by atoms with Crippen molar-refractivity contribution in [3.8, 4) is 0 Å². The summed E-state index contributed by atoms with van der Waals surface area (Å²) >= 11 is 0.996. The van der Waals surface area contributed by atoms with E-state index in [-0.39, 0.29) is 17.5 Å². The number of rotatable bonds is 6. The van der Waals surface area contributed by atoms with Crippen LogP contribution in [-0.2, 0) is 10.0 Å². The molecule has 7 nitrogen and oxygen atoms in total. The highest BCUT2D eigenvalue weighted by Crippen LogP contribution is 2.27. The number of sulfonamides is 1. The summed E-state index contributed by atoms with van der Waals surface area (Å²) in [6.07, 6.45) is 0. The minimum Gasteiger partial charge on any atom is -0.459 e. The van der Waals surface area contributed by atoms with Gasteiger partial charge in [0, 0.05) is 11.9 Å². The van der Waals surface area contributed by atoms with Crippen molar-refractivity contribution < 1.29 is 12.8 Å². The van der Waals surface area contributed by atoms with E-state index in [2.05, 4.69) is 13.5 Å². The Hall–Kier alpha value is -2.33. The summed E-state index contributed by atoms with van der Waals surface area (Å²) < 4.78 is 42.5. The molecule has 4 aromatic rings. The summed E-state index contributed by atoms with van der Waals surface area (Å²) in [4.78, 5) is 2.06. The van der Waals surface area contributed by atoms with Crippen molar-refractivity contribution in [2.75, 3.05) is 20.6 Å². The van der Waals surface area contributed by atoms with E-state index in [9.17, 15) is 8.42 Å². The molecule has 0 aliphatic heterocycles. The Morgan fingerprint density at radius 3 is 2.74 bits per heavy atom. The van der Waals surface area contributed by atoms with Crippen LogP contribution >= 0.6 is 11.7 Å². The minimum atomic E-state index is -3.74. The van der Waals surface area contributed by atoms with Gasteiger partial charge in [-0.05, 0) is 38.4 Å². The van der Waals surface area contributed by atoms with Crippen LogP contribution in [0.5, 0.6) is 0 Å². The number of fused-ring (bicyclic) bond motifs is 2. The van der Waals surface area contributed by atoms with Gasteiger partial charge in [0.25, 0.3) is 0 Å². The van der Waals surface area contributed by atoms with E-state index in [1.54, 1.807) is 12.1 Å². The second-order valence-corrected chi connectivity index (χ2v) is 8.67. The summed E-state index contributed by atoms with van der Waals surface area (Å²) in [5, 5.41) is 0.987. The number of aromatic nitrogens is 2. The lowest BCUT2D eigenvalue weighted by Gasteiger charge is -2.22. The van der Waals surface area contributed by atoms with Crippen molar-refractivity contribution in [3.63, 3.8) is 0 Å². The molecule has 0 amide bonds. The molecule has 0 aliphatic rings. The number of nitrogens with one attached hydrogen (secondary N) is 1. The molecule has 0 fully saturated rings. The first kappa shape index (κ1) is 18.1. The van der Waals surface area contributed by atoms with E-state index in [4.69, 9.17) is 4.42 Å². The van der Waals surface area contributed by atoms with Gasteiger partial charge in [-0.25, -0.2) is 13.1 Å². The van der Waals surface area contributed by atoms with Crippen LogP contribution in [0.15, 0.2) is 57.8 Å². The van der Waals surface area contributed by atoms with E-state index in [0.717, 1.165) is 22.7 Å². The highest BCUT2D eigenvalue weighted by Gasteiger charge is 2.24. The topological polar surface area (TPSA) is 88.3 Å². The van der Waals surface area contributed by atoms with Crippen LogP contribution in [0, 0.1) is 0 Å². The van der Waals surface area contributed by atoms with Crippen molar-refractivity contribution in [2.24, 2.45) is 0 Å². The van der Waals surface area contributed by atoms with Crippen LogP contribution in [-0.4, -0.2) is 42.7 Å². The van der Waals surface area contributed by atoms with Gasteiger partial charge in [0.1, 0.15) is 27.3 Å². The van der Waals surface area contributed by atoms with Gasteiger partial charge in [0.15, 0.2) is 0 Å². The first-order chi connectivity index (χ1) is 13.0. The Morgan fingerprint density at radius 2 is 1.96 bits per heavy atom. The lowest BCUT2D eigenvalue weighted by molar-refractivity contribution is 0.264. The Bertz CT molecular complexity index is 1160. The number of benzene rings is 2. The highest BCUT2D eigenvalue weighted by molar-refractivity contribution is 7.89. The number of nitrogens with zero attached hydrogens (tertiary/aromatic N) is 3. The maximum atomic E-state index is 12.9. The first-order valence-electron chi connectivity index (χ1n) is 8.31. The molecule has 1 N–H and O–H groups in total. The zero-order valence-corrected chi connectivity index (χ0v) is 16.4. The van der Waals surface area contributed by atoms with Crippen LogP contribution in [0.1, 0.15) is 11.8 Å². The largest absolute Gasteiger partial charge is 0.459 e. The Labute approximate surface area is 161 Å². The van der Waals surface area contributed by atoms with E-state index in [0.29, 0.717) is 16.8 Å². The lowest BCUT2D eigenvalue weighted by Crippen LogP contribution is -2.34. The second kappa shape index (κ2) is 7.01. The molecule has 2 aromatic heterocycles. The van der Waals surface area contributed by atoms with Gasteiger partial charge in [0.05, 0.1) is 17.8 Å². The van der Waals surface area contributed by atoms with Crippen LogP contribution in [0.25, 0.3) is 22.0 Å². The third-order valence-electron chi connectivity index (χ3n) is 4.40. The normalized spacial score (nSPS) is 13.6. The maximum Gasteiger partial charge on any atom is 0.242 e. The minimum absolute atomic E-state index is 0.135. The van der Waals surface area contributed by atoms with Gasteiger partial charge in [-0.2, -0.15) is 8.75 Å². The summed E-state index contributed by atoms with van der Waals surface area (Å²) in [6.45, 7) is 0.170. The molecule has 1 unspecified atom stereocenters. The van der Waals surface area contributed by atoms with Crippen molar-refractivity contribution in [3.05, 3.63) is 54.3 Å². The Balaban J connectivity index is 1.62. The quantitative estimate of drug-likeness (QED) is 0.533. The van der Waals surface area contributed by atoms with E-state index in [1.165, 1.54) is 6.07 Å². The van der Waals surface area contributed by atoms with Gasteiger partial charge in [0.2, 0.25) is 10.0 Å². The molecule has 0 spiro atoms. The molecular weight excluding hydrogens is 384 g/mol. The molecule has 140 valence electrons. The number of para-hydroxylation sites is 1. The fourth-order valence-electron chi connectivity index (χ4n) is 2.97. The molecule has 0 radical (unpaired) electrons.